The molecular weight excluding hydrogens is 294 g/mol. The SMILES string of the molecule is CN(c1cccc(S(C)(=O)=O)c1[N+](=O)[O-])C(CN)C1CC1. The topological polar surface area (TPSA) is 107 Å². The zero-order chi connectivity index (χ0) is 15.8. The molecule has 1 atom stereocenters. The summed E-state index contributed by atoms with van der Waals surface area (Å²) >= 11 is 0. The van der Waals surface area contributed by atoms with Gasteiger partial charge in [-0.2, -0.15) is 0 Å². The summed E-state index contributed by atoms with van der Waals surface area (Å²) in [4.78, 5) is 12.2. The Morgan fingerprint density at radius 2 is 2.10 bits per heavy atom. The first kappa shape index (κ1) is 15.7. The molecular formula is C13H19N3O4S. The van der Waals surface area contributed by atoms with Crippen LogP contribution in [0.1, 0.15) is 12.8 Å². The Bertz CT molecular complexity index is 655. The van der Waals surface area contributed by atoms with Crippen molar-refractivity contribution in [2.45, 2.75) is 23.8 Å². The fourth-order valence-corrected chi connectivity index (χ4v) is 3.46. The van der Waals surface area contributed by atoms with Gasteiger partial charge in [0.2, 0.25) is 0 Å². The Kier molecular flexibility index (Phi) is 4.20. The number of nitrogens with zero attached hydrogens (tertiary/aromatic N) is 2. The van der Waals surface area contributed by atoms with E-state index >= 15 is 0 Å². The van der Waals surface area contributed by atoms with Crippen molar-refractivity contribution in [3.63, 3.8) is 0 Å². The number of likely N-dealkylation sites (N-methyl/N-ethyl adjacent to an activating group) is 1. The number of nitro benzene ring substituents is 1. The van der Waals surface area contributed by atoms with Crippen molar-refractivity contribution in [1.82, 2.24) is 0 Å². The quantitative estimate of drug-likeness (QED) is 0.624. The molecule has 2 N–H and O–H groups in total. The summed E-state index contributed by atoms with van der Waals surface area (Å²) in [5, 5.41) is 11.4. The molecule has 1 aliphatic carbocycles. The summed E-state index contributed by atoms with van der Waals surface area (Å²) in [6.45, 7) is 0.376. The van der Waals surface area contributed by atoms with Crippen molar-refractivity contribution >= 4 is 21.2 Å². The highest BCUT2D eigenvalue weighted by Crippen LogP contribution is 2.40. The van der Waals surface area contributed by atoms with Crippen LogP contribution < -0.4 is 10.6 Å². The van der Waals surface area contributed by atoms with Crippen molar-refractivity contribution in [3.05, 3.63) is 28.3 Å². The van der Waals surface area contributed by atoms with Gasteiger partial charge in [-0.1, -0.05) is 6.07 Å². The van der Waals surface area contributed by atoms with E-state index in [0.29, 0.717) is 18.2 Å². The standard InChI is InChI=1S/C13H19N3O4S/c1-15(11(8-14)9-6-7-9)10-4-3-5-12(21(2,19)20)13(10)16(17)18/h3-5,9,11H,6-8,14H2,1-2H3. The number of hydrogen-bond donors (Lipinski definition) is 1. The summed E-state index contributed by atoms with van der Waals surface area (Å²) < 4.78 is 23.5. The van der Waals surface area contributed by atoms with Crippen LogP contribution in [0.5, 0.6) is 0 Å². The fourth-order valence-electron chi connectivity index (χ4n) is 2.60. The van der Waals surface area contributed by atoms with E-state index in [9.17, 15) is 18.5 Å². The third kappa shape index (κ3) is 3.16. The predicted molar refractivity (Wildman–Crippen MR) is 80.2 cm³/mol. The third-order valence-corrected chi connectivity index (χ3v) is 4.97. The second-order valence-corrected chi connectivity index (χ2v) is 7.39. The normalized spacial score (nSPS) is 16.5. The fraction of sp³-hybridized carbons (Fsp3) is 0.538. The highest BCUT2D eigenvalue weighted by molar-refractivity contribution is 7.90. The van der Waals surface area contributed by atoms with E-state index in [2.05, 4.69) is 0 Å². The average Bonchev–Trinajstić information content (AvgIpc) is 3.22. The lowest BCUT2D eigenvalue weighted by Gasteiger charge is -2.29. The van der Waals surface area contributed by atoms with Gasteiger partial charge in [0, 0.05) is 25.9 Å². The highest BCUT2D eigenvalue weighted by Gasteiger charge is 2.36. The molecule has 7 nitrogen and oxygen atoms in total. The van der Waals surface area contributed by atoms with Gasteiger partial charge < -0.3 is 10.6 Å². The molecule has 21 heavy (non-hydrogen) atoms. The number of nitrogens with two attached hydrogens (primary N) is 1. The second kappa shape index (κ2) is 5.61. The number of sulfone groups is 1. The average molecular weight is 313 g/mol. The lowest BCUT2D eigenvalue weighted by atomic mass is 10.1. The lowest BCUT2D eigenvalue weighted by molar-refractivity contribution is -0.387. The van der Waals surface area contributed by atoms with Crippen LogP contribution in [0.2, 0.25) is 0 Å². The number of benzene rings is 1. The predicted octanol–water partition coefficient (Wildman–Crippen LogP) is 1.17. The van der Waals surface area contributed by atoms with Gasteiger partial charge in [0.05, 0.1) is 4.92 Å². The van der Waals surface area contributed by atoms with E-state index in [4.69, 9.17) is 5.73 Å². The molecule has 1 aliphatic rings. The Hall–Kier alpha value is -1.67. The molecule has 1 fully saturated rings. The molecule has 8 heteroatoms. The van der Waals surface area contributed by atoms with Crippen LogP contribution >= 0.6 is 0 Å². The maximum absolute atomic E-state index is 11.8. The first-order valence-electron chi connectivity index (χ1n) is 6.67. The Morgan fingerprint density at radius 1 is 1.48 bits per heavy atom. The number of anilines is 1. The van der Waals surface area contributed by atoms with Crippen LogP contribution in [-0.2, 0) is 9.84 Å². The van der Waals surface area contributed by atoms with Gasteiger partial charge in [-0.05, 0) is 30.9 Å². The van der Waals surface area contributed by atoms with Crippen LogP contribution in [0.15, 0.2) is 23.1 Å². The van der Waals surface area contributed by atoms with Crippen molar-refractivity contribution in [2.75, 3.05) is 24.7 Å². The van der Waals surface area contributed by atoms with E-state index in [1.165, 1.54) is 12.1 Å². The highest BCUT2D eigenvalue weighted by atomic mass is 32.2. The van der Waals surface area contributed by atoms with Crippen LogP contribution in [0.4, 0.5) is 11.4 Å². The molecule has 2 rings (SSSR count). The largest absolute Gasteiger partial charge is 0.364 e. The first-order valence-corrected chi connectivity index (χ1v) is 8.57. The minimum atomic E-state index is -3.67. The van der Waals surface area contributed by atoms with Crippen LogP contribution in [0.3, 0.4) is 0 Å². The maximum Gasteiger partial charge on any atom is 0.311 e. The van der Waals surface area contributed by atoms with Gasteiger partial charge in [-0.15, -0.1) is 0 Å². The molecule has 1 saturated carbocycles. The molecule has 0 radical (unpaired) electrons. The molecule has 0 aromatic heterocycles. The van der Waals surface area contributed by atoms with E-state index < -0.39 is 14.8 Å². The number of nitro groups is 1. The van der Waals surface area contributed by atoms with Crippen molar-refractivity contribution in [2.24, 2.45) is 11.7 Å². The Balaban J connectivity index is 2.55. The molecule has 116 valence electrons. The smallest absolute Gasteiger partial charge is 0.311 e. The van der Waals surface area contributed by atoms with Gasteiger partial charge in [0.1, 0.15) is 10.6 Å². The van der Waals surface area contributed by atoms with Crippen LogP contribution in [0.25, 0.3) is 0 Å². The van der Waals surface area contributed by atoms with Gasteiger partial charge in [0.25, 0.3) is 0 Å². The van der Waals surface area contributed by atoms with E-state index in [1.807, 2.05) is 0 Å². The monoisotopic (exact) mass is 313 g/mol. The van der Waals surface area contributed by atoms with E-state index in [1.54, 1.807) is 18.0 Å². The Morgan fingerprint density at radius 3 is 2.52 bits per heavy atom. The lowest BCUT2D eigenvalue weighted by Crippen LogP contribution is -2.40. The van der Waals surface area contributed by atoms with Crippen molar-refractivity contribution in [1.29, 1.82) is 0 Å². The van der Waals surface area contributed by atoms with E-state index in [-0.39, 0.29) is 16.6 Å². The zero-order valence-electron chi connectivity index (χ0n) is 12.0. The van der Waals surface area contributed by atoms with Gasteiger partial charge in [0.15, 0.2) is 9.84 Å². The third-order valence-electron chi connectivity index (χ3n) is 3.84. The summed E-state index contributed by atoms with van der Waals surface area (Å²) in [7, 11) is -1.94. The number of rotatable bonds is 6. The number of hydrogen-bond acceptors (Lipinski definition) is 6. The summed E-state index contributed by atoms with van der Waals surface area (Å²) in [5.74, 6) is 0.418. The molecule has 1 unspecified atom stereocenters. The van der Waals surface area contributed by atoms with Gasteiger partial charge in [-0.25, -0.2) is 8.42 Å². The first-order chi connectivity index (χ1) is 9.77. The van der Waals surface area contributed by atoms with Crippen LogP contribution in [-0.4, -0.2) is 39.2 Å². The molecule has 0 aliphatic heterocycles. The summed E-state index contributed by atoms with van der Waals surface area (Å²) in [5.41, 5.74) is 5.70. The maximum atomic E-state index is 11.8. The molecule has 0 spiro atoms. The Labute approximate surface area is 123 Å². The summed E-state index contributed by atoms with van der Waals surface area (Å²) in [6.07, 6.45) is 3.07. The molecule has 0 heterocycles. The summed E-state index contributed by atoms with van der Waals surface area (Å²) in [6, 6.07) is 4.34. The van der Waals surface area contributed by atoms with E-state index in [0.717, 1.165) is 19.1 Å². The molecule has 0 amide bonds. The second-order valence-electron chi connectivity index (χ2n) is 5.40. The van der Waals surface area contributed by atoms with Crippen molar-refractivity contribution < 1.29 is 13.3 Å². The van der Waals surface area contributed by atoms with Crippen molar-refractivity contribution in [3.8, 4) is 0 Å². The number of para-hydroxylation sites is 1. The minimum absolute atomic E-state index is 0.0153. The van der Waals surface area contributed by atoms with Crippen LogP contribution in [0, 0.1) is 16.0 Å². The molecule has 0 saturated heterocycles. The van der Waals surface area contributed by atoms with Gasteiger partial charge >= 0.3 is 5.69 Å². The zero-order valence-corrected chi connectivity index (χ0v) is 12.8. The van der Waals surface area contributed by atoms with Gasteiger partial charge in [-0.3, -0.25) is 10.1 Å². The minimum Gasteiger partial charge on any atom is -0.364 e. The molecule has 1 aromatic rings. The molecule has 1 aromatic carbocycles. The molecule has 0 bridgehead atoms.